The van der Waals surface area contributed by atoms with Crippen LogP contribution in [0.15, 0.2) is 18.5 Å². The molecule has 0 unspecified atom stereocenters. The van der Waals surface area contributed by atoms with Gasteiger partial charge in [-0.15, -0.1) is 0 Å². The van der Waals surface area contributed by atoms with E-state index in [2.05, 4.69) is 10.1 Å². The largest absolute Gasteiger partial charge is 0.435 e. The van der Waals surface area contributed by atoms with E-state index in [0.717, 1.165) is 10.9 Å². The summed E-state index contributed by atoms with van der Waals surface area (Å²) in [4.78, 5) is 15.6. The van der Waals surface area contributed by atoms with Gasteiger partial charge in [-0.2, -0.15) is 23.5 Å². The van der Waals surface area contributed by atoms with Crippen molar-refractivity contribution in [3.05, 3.63) is 24.2 Å². The fourth-order valence-corrected chi connectivity index (χ4v) is 1.75. The highest BCUT2D eigenvalue weighted by Crippen LogP contribution is 2.33. The first-order valence-corrected chi connectivity index (χ1v) is 5.99. The molecule has 2 aromatic rings. The summed E-state index contributed by atoms with van der Waals surface area (Å²) in [6.07, 6.45) is -2.26. The Hall–Kier alpha value is -2.43. The molecule has 8 heteroatoms. The summed E-state index contributed by atoms with van der Waals surface area (Å²) in [5.74, 6) is -0.514. The molecule has 0 radical (unpaired) electrons. The van der Waals surface area contributed by atoms with E-state index in [1.807, 2.05) is 6.07 Å². The zero-order valence-corrected chi connectivity index (χ0v) is 11.3. The van der Waals surface area contributed by atoms with E-state index >= 15 is 0 Å². The number of aromatic nitrogens is 3. The van der Waals surface area contributed by atoms with Gasteiger partial charge in [-0.25, -0.2) is 0 Å². The van der Waals surface area contributed by atoms with Crippen molar-refractivity contribution in [3.63, 3.8) is 0 Å². The van der Waals surface area contributed by atoms with Crippen molar-refractivity contribution in [1.82, 2.24) is 14.8 Å². The molecule has 0 spiro atoms. The van der Waals surface area contributed by atoms with E-state index in [4.69, 9.17) is 5.26 Å². The maximum absolute atomic E-state index is 12.9. The monoisotopic (exact) mass is 296 g/mol. The van der Waals surface area contributed by atoms with Gasteiger partial charge in [-0.1, -0.05) is 0 Å². The number of carbonyl (C=O) groups is 1. The van der Waals surface area contributed by atoms with Gasteiger partial charge in [0.05, 0.1) is 17.0 Å². The van der Waals surface area contributed by atoms with E-state index in [9.17, 15) is 18.0 Å². The predicted molar refractivity (Wildman–Crippen MR) is 66.9 cm³/mol. The van der Waals surface area contributed by atoms with E-state index in [0.29, 0.717) is 0 Å². The topological polar surface area (TPSA) is 71.6 Å². The number of ketones is 1. The fourth-order valence-electron chi connectivity index (χ4n) is 1.75. The van der Waals surface area contributed by atoms with Crippen molar-refractivity contribution in [3.8, 4) is 6.07 Å². The molecule has 2 rings (SSSR count). The molecule has 5 nitrogen and oxygen atoms in total. The Morgan fingerprint density at radius 1 is 1.43 bits per heavy atom. The van der Waals surface area contributed by atoms with E-state index in [1.165, 1.54) is 26.1 Å². The van der Waals surface area contributed by atoms with Gasteiger partial charge in [0.15, 0.2) is 11.5 Å². The lowest BCUT2D eigenvalue weighted by atomic mass is 9.90. The minimum absolute atomic E-state index is 0.152. The molecule has 0 bridgehead atoms. The molecule has 0 aliphatic heterocycles. The van der Waals surface area contributed by atoms with Crippen LogP contribution in [0.5, 0.6) is 0 Å². The average molecular weight is 296 g/mol. The van der Waals surface area contributed by atoms with Crippen LogP contribution in [-0.2, 0) is 17.5 Å². The van der Waals surface area contributed by atoms with Crippen LogP contribution >= 0.6 is 0 Å². The van der Waals surface area contributed by atoms with Gasteiger partial charge in [-0.3, -0.25) is 14.5 Å². The van der Waals surface area contributed by atoms with Gasteiger partial charge in [0, 0.05) is 12.4 Å². The van der Waals surface area contributed by atoms with Crippen molar-refractivity contribution < 1.29 is 18.0 Å². The molecule has 0 N–H and O–H groups in total. The highest BCUT2D eigenvalue weighted by Gasteiger charge is 2.37. The van der Waals surface area contributed by atoms with Crippen LogP contribution < -0.4 is 0 Å². The first-order chi connectivity index (χ1) is 9.66. The highest BCUT2D eigenvalue weighted by molar-refractivity contribution is 5.88. The van der Waals surface area contributed by atoms with Crippen LogP contribution in [0.2, 0.25) is 0 Å². The second kappa shape index (κ2) is 4.84. The van der Waals surface area contributed by atoms with Crippen LogP contribution in [0.4, 0.5) is 13.2 Å². The Morgan fingerprint density at radius 2 is 2.10 bits per heavy atom. The second-order valence-corrected chi connectivity index (χ2v) is 5.06. The first-order valence-electron chi connectivity index (χ1n) is 5.99. The lowest BCUT2D eigenvalue weighted by molar-refractivity contribution is -0.140. The zero-order chi connectivity index (χ0) is 15.8. The maximum atomic E-state index is 12.9. The molecule has 110 valence electrons. The van der Waals surface area contributed by atoms with Gasteiger partial charge < -0.3 is 0 Å². The average Bonchev–Trinajstić information content (AvgIpc) is 2.78. The summed E-state index contributed by atoms with van der Waals surface area (Å²) >= 11 is 0. The summed E-state index contributed by atoms with van der Waals surface area (Å²) in [6.45, 7) is 2.41. The van der Waals surface area contributed by atoms with Crippen molar-refractivity contribution in [2.24, 2.45) is 5.41 Å². The van der Waals surface area contributed by atoms with Crippen LogP contribution in [0, 0.1) is 16.7 Å². The van der Waals surface area contributed by atoms with Crippen molar-refractivity contribution >= 4 is 16.7 Å². The summed E-state index contributed by atoms with van der Waals surface area (Å²) in [7, 11) is 0. The third kappa shape index (κ3) is 2.72. The summed E-state index contributed by atoms with van der Waals surface area (Å²) in [5.41, 5.74) is -2.23. The van der Waals surface area contributed by atoms with E-state index < -0.39 is 29.6 Å². The Labute approximate surface area is 118 Å². The highest BCUT2D eigenvalue weighted by atomic mass is 19.4. The standard InChI is InChI=1S/C13H11F3N4O/c1-12(2,7-17)10(21)6-20-9-3-4-18-5-8(9)11(19-20)13(14,15)16/h3-5H,6H2,1-2H3. The molecule has 0 atom stereocenters. The number of fused-ring (bicyclic) bond motifs is 1. The number of alkyl halides is 3. The minimum Gasteiger partial charge on any atom is -0.296 e. The first kappa shape index (κ1) is 15.0. The molecule has 21 heavy (non-hydrogen) atoms. The number of Topliss-reactive ketones (excluding diaryl/α,β-unsaturated/α-hetero) is 1. The van der Waals surface area contributed by atoms with Gasteiger partial charge >= 0.3 is 6.18 Å². The lowest BCUT2D eigenvalue weighted by Gasteiger charge is -2.13. The molecule has 2 aromatic heterocycles. The summed E-state index contributed by atoms with van der Waals surface area (Å²) in [5, 5.41) is 12.2. The van der Waals surface area contributed by atoms with Gasteiger partial charge in [0.25, 0.3) is 0 Å². The smallest absolute Gasteiger partial charge is 0.296 e. The normalized spacial score (nSPS) is 12.4. The molecular formula is C13H11F3N4O. The molecule has 0 amide bonds. The van der Waals surface area contributed by atoms with Gasteiger partial charge in [-0.05, 0) is 19.9 Å². The van der Waals surface area contributed by atoms with Crippen molar-refractivity contribution in [2.45, 2.75) is 26.6 Å². The van der Waals surface area contributed by atoms with Crippen LogP contribution in [0.3, 0.4) is 0 Å². The van der Waals surface area contributed by atoms with Crippen molar-refractivity contribution in [1.29, 1.82) is 5.26 Å². The lowest BCUT2D eigenvalue weighted by Crippen LogP contribution is -2.27. The third-order valence-corrected chi connectivity index (χ3v) is 3.09. The van der Waals surface area contributed by atoms with Gasteiger partial charge in [0.1, 0.15) is 12.0 Å². The number of rotatable bonds is 3. The van der Waals surface area contributed by atoms with Crippen LogP contribution in [0.1, 0.15) is 19.5 Å². The predicted octanol–water partition coefficient (Wildman–Crippen LogP) is 2.57. The number of halogens is 3. The molecule has 0 aliphatic rings. The zero-order valence-electron chi connectivity index (χ0n) is 11.3. The number of carbonyl (C=O) groups excluding carboxylic acids is 1. The quantitative estimate of drug-likeness (QED) is 0.872. The Balaban J connectivity index is 2.52. The third-order valence-electron chi connectivity index (χ3n) is 3.09. The van der Waals surface area contributed by atoms with Gasteiger partial charge in [0.2, 0.25) is 0 Å². The number of nitriles is 1. The Kier molecular flexibility index (Phi) is 3.45. The second-order valence-electron chi connectivity index (χ2n) is 5.06. The molecule has 0 aromatic carbocycles. The van der Waals surface area contributed by atoms with Crippen LogP contribution in [-0.4, -0.2) is 20.5 Å². The van der Waals surface area contributed by atoms with Crippen LogP contribution in [0.25, 0.3) is 10.9 Å². The molecule has 0 fully saturated rings. The molecular weight excluding hydrogens is 285 g/mol. The van der Waals surface area contributed by atoms with E-state index in [-0.39, 0.29) is 10.9 Å². The molecule has 0 aliphatic carbocycles. The Bertz CT molecular complexity index is 740. The molecule has 0 saturated heterocycles. The number of hydrogen-bond acceptors (Lipinski definition) is 4. The minimum atomic E-state index is -4.64. The summed E-state index contributed by atoms with van der Waals surface area (Å²) < 4.78 is 39.7. The number of nitrogens with zero attached hydrogens (tertiary/aromatic N) is 4. The SMILES string of the molecule is CC(C)(C#N)C(=O)Cn1nc(C(F)(F)F)c2cnccc21. The summed E-state index contributed by atoms with van der Waals surface area (Å²) in [6, 6.07) is 3.17. The van der Waals surface area contributed by atoms with E-state index in [1.54, 1.807) is 0 Å². The molecule has 2 heterocycles. The number of pyridine rings is 1. The Morgan fingerprint density at radius 3 is 2.67 bits per heavy atom. The maximum Gasteiger partial charge on any atom is 0.435 e. The fraction of sp³-hybridized carbons (Fsp3) is 0.385. The number of hydrogen-bond donors (Lipinski definition) is 0. The van der Waals surface area contributed by atoms with Crippen molar-refractivity contribution in [2.75, 3.05) is 0 Å². The molecule has 0 saturated carbocycles.